The van der Waals surface area contributed by atoms with Crippen LogP contribution in [-0.2, 0) is 0 Å². The van der Waals surface area contributed by atoms with Gasteiger partial charge in [0, 0.05) is 30.9 Å². The van der Waals surface area contributed by atoms with E-state index >= 15 is 0 Å². The predicted molar refractivity (Wildman–Crippen MR) is 88.4 cm³/mol. The second-order valence-electron chi connectivity index (χ2n) is 6.89. The fourth-order valence-electron chi connectivity index (χ4n) is 4.54. The summed E-state index contributed by atoms with van der Waals surface area (Å²) in [5, 5.41) is 1.06. The zero-order valence-corrected chi connectivity index (χ0v) is 12.6. The first-order chi connectivity index (χ1) is 10.2. The molecular formula is C18H23N3. The van der Waals surface area contributed by atoms with Crippen LogP contribution in [0, 0.1) is 17.8 Å². The first kappa shape index (κ1) is 12.9. The van der Waals surface area contributed by atoms with E-state index in [1.165, 1.54) is 31.4 Å². The summed E-state index contributed by atoms with van der Waals surface area (Å²) in [6, 6.07) is 8.15. The normalized spacial score (nSPS) is 27.4. The third kappa shape index (κ3) is 2.15. The Morgan fingerprint density at radius 3 is 2.90 bits per heavy atom. The van der Waals surface area contributed by atoms with Crippen LogP contribution in [-0.4, -0.2) is 18.6 Å². The van der Waals surface area contributed by atoms with Gasteiger partial charge in [-0.25, -0.2) is 0 Å². The molecule has 0 saturated heterocycles. The van der Waals surface area contributed by atoms with Crippen molar-refractivity contribution in [3.05, 3.63) is 30.5 Å². The summed E-state index contributed by atoms with van der Waals surface area (Å²) < 4.78 is 0. The second kappa shape index (κ2) is 4.90. The number of anilines is 2. The van der Waals surface area contributed by atoms with Crippen LogP contribution in [0.3, 0.4) is 0 Å². The minimum absolute atomic E-state index is 0.815. The number of fused-ring (bicyclic) bond motifs is 3. The van der Waals surface area contributed by atoms with E-state index in [4.69, 9.17) is 5.73 Å². The molecule has 110 valence electrons. The Labute approximate surface area is 126 Å². The van der Waals surface area contributed by atoms with Crippen molar-refractivity contribution >= 4 is 22.3 Å². The number of hydrogen-bond donors (Lipinski definition) is 1. The molecule has 2 N–H and O–H groups in total. The summed E-state index contributed by atoms with van der Waals surface area (Å²) in [6.45, 7) is 1.15. The lowest BCUT2D eigenvalue weighted by Crippen LogP contribution is -2.28. The van der Waals surface area contributed by atoms with Crippen molar-refractivity contribution in [2.45, 2.75) is 25.7 Å². The maximum atomic E-state index is 6.08. The number of nitrogens with zero attached hydrogens (tertiary/aromatic N) is 2. The maximum Gasteiger partial charge on any atom is 0.0955 e. The van der Waals surface area contributed by atoms with E-state index in [0.29, 0.717) is 0 Å². The summed E-state index contributed by atoms with van der Waals surface area (Å²) in [6.07, 6.45) is 7.67. The Morgan fingerprint density at radius 1 is 1.24 bits per heavy atom. The Morgan fingerprint density at radius 2 is 2.14 bits per heavy atom. The summed E-state index contributed by atoms with van der Waals surface area (Å²) in [4.78, 5) is 6.95. The molecule has 2 fully saturated rings. The van der Waals surface area contributed by atoms with Gasteiger partial charge in [-0.1, -0.05) is 6.42 Å². The average molecular weight is 281 g/mol. The highest BCUT2D eigenvalue weighted by Gasteiger charge is 2.39. The monoisotopic (exact) mass is 281 g/mol. The molecule has 21 heavy (non-hydrogen) atoms. The van der Waals surface area contributed by atoms with Crippen molar-refractivity contribution in [1.29, 1.82) is 0 Å². The highest BCUT2D eigenvalue weighted by atomic mass is 15.1. The summed E-state index contributed by atoms with van der Waals surface area (Å²) in [5.41, 5.74) is 9.14. The Bertz CT molecular complexity index is 667. The Kier molecular flexibility index (Phi) is 3.02. The number of aromatic nitrogens is 1. The van der Waals surface area contributed by atoms with Crippen LogP contribution in [0.4, 0.5) is 11.4 Å². The molecule has 3 nitrogen and oxygen atoms in total. The summed E-state index contributed by atoms with van der Waals surface area (Å²) in [5.74, 6) is 2.84. The van der Waals surface area contributed by atoms with Gasteiger partial charge in [0.05, 0.1) is 11.2 Å². The number of hydrogen-bond acceptors (Lipinski definition) is 3. The van der Waals surface area contributed by atoms with Gasteiger partial charge in [-0.3, -0.25) is 4.98 Å². The Balaban J connectivity index is 1.62. The van der Waals surface area contributed by atoms with Gasteiger partial charge in [0.1, 0.15) is 0 Å². The smallest absolute Gasteiger partial charge is 0.0955 e. The van der Waals surface area contributed by atoms with E-state index in [2.05, 4.69) is 29.1 Å². The molecule has 3 atom stereocenters. The highest BCUT2D eigenvalue weighted by molar-refractivity contribution is 5.98. The number of nitrogen functional groups attached to an aromatic ring is 1. The molecule has 2 aliphatic rings. The summed E-state index contributed by atoms with van der Waals surface area (Å²) in [7, 11) is 2.20. The van der Waals surface area contributed by atoms with Gasteiger partial charge in [-0.05, 0) is 61.3 Å². The van der Waals surface area contributed by atoms with E-state index < -0.39 is 0 Å². The highest BCUT2D eigenvalue weighted by Crippen LogP contribution is 2.48. The molecule has 3 unspecified atom stereocenters. The molecule has 0 aliphatic heterocycles. The predicted octanol–water partition coefficient (Wildman–Crippen LogP) is 3.69. The molecular weight excluding hydrogens is 258 g/mol. The standard InChI is InChI=1S/C18H23N3/c1-21(11-14-10-12-4-5-13(14)9-12)17-7-6-16(19)15-3-2-8-20-18(15)17/h2-3,6-8,12-14H,4-5,9-11,19H2,1H3. The minimum Gasteiger partial charge on any atom is -0.398 e. The van der Waals surface area contributed by atoms with Gasteiger partial charge >= 0.3 is 0 Å². The van der Waals surface area contributed by atoms with Gasteiger partial charge in [0.2, 0.25) is 0 Å². The van der Waals surface area contributed by atoms with Crippen LogP contribution in [0.1, 0.15) is 25.7 Å². The fraction of sp³-hybridized carbons (Fsp3) is 0.500. The van der Waals surface area contributed by atoms with Crippen LogP contribution >= 0.6 is 0 Å². The number of nitrogens with two attached hydrogens (primary N) is 1. The third-order valence-electron chi connectivity index (χ3n) is 5.59. The first-order valence-corrected chi connectivity index (χ1v) is 8.06. The molecule has 0 amide bonds. The molecule has 0 radical (unpaired) electrons. The maximum absolute atomic E-state index is 6.08. The minimum atomic E-state index is 0.815. The van der Waals surface area contributed by atoms with Crippen LogP contribution in [0.5, 0.6) is 0 Å². The van der Waals surface area contributed by atoms with Gasteiger partial charge in [-0.2, -0.15) is 0 Å². The van der Waals surface area contributed by atoms with E-state index in [0.717, 1.165) is 40.9 Å². The van der Waals surface area contributed by atoms with E-state index in [-0.39, 0.29) is 0 Å². The second-order valence-corrected chi connectivity index (χ2v) is 6.89. The molecule has 3 heteroatoms. The third-order valence-corrected chi connectivity index (χ3v) is 5.59. The molecule has 2 bridgehead atoms. The largest absolute Gasteiger partial charge is 0.398 e. The van der Waals surface area contributed by atoms with Crippen molar-refractivity contribution in [1.82, 2.24) is 4.98 Å². The molecule has 2 aliphatic carbocycles. The van der Waals surface area contributed by atoms with Crippen molar-refractivity contribution in [3.63, 3.8) is 0 Å². The lowest BCUT2D eigenvalue weighted by molar-refractivity contribution is 0.337. The molecule has 2 aromatic rings. The molecule has 1 aromatic carbocycles. The molecule has 1 heterocycles. The molecule has 4 rings (SSSR count). The zero-order chi connectivity index (χ0) is 14.4. The van der Waals surface area contributed by atoms with Crippen LogP contribution in [0.2, 0.25) is 0 Å². The lowest BCUT2D eigenvalue weighted by atomic mass is 9.88. The quantitative estimate of drug-likeness (QED) is 0.872. The number of rotatable bonds is 3. The Hall–Kier alpha value is -1.77. The molecule has 1 aromatic heterocycles. The average Bonchev–Trinajstić information content (AvgIpc) is 3.10. The topological polar surface area (TPSA) is 42.1 Å². The van der Waals surface area contributed by atoms with E-state index in [1.807, 2.05) is 18.3 Å². The molecule has 0 spiro atoms. The van der Waals surface area contributed by atoms with Crippen LogP contribution in [0.15, 0.2) is 30.5 Å². The van der Waals surface area contributed by atoms with Gasteiger partial charge in [0.15, 0.2) is 0 Å². The van der Waals surface area contributed by atoms with Crippen molar-refractivity contribution in [2.75, 3.05) is 24.2 Å². The van der Waals surface area contributed by atoms with Crippen molar-refractivity contribution < 1.29 is 0 Å². The number of benzene rings is 1. The van der Waals surface area contributed by atoms with Gasteiger partial charge < -0.3 is 10.6 Å². The van der Waals surface area contributed by atoms with Crippen molar-refractivity contribution in [2.24, 2.45) is 17.8 Å². The van der Waals surface area contributed by atoms with Gasteiger partial charge in [-0.15, -0.1) is 0 Å². The zero-order valence-electron chi connectivity index (χ0n) is 12.6. The van der Waals surface area contributed by atoms with E-state index in [1.54, 1.807) is 0 Å². The lowest BCUT2D eigenvalue weighted by Gasteiger charge is -2.29. The van der Waals surface area contributed by atoms with Gasteiger partial charge in [0.25, 0.3) is 0 Å². The van der Waals surface area contributed by atoms with Crippen molar-refractivity contribution in [3.8, 4) is 0 Å². The first-order valence-electron chi connectivity index (χ1n) is 8.06. The fourth-order valence-corrected chi connectivity index (χ4v) is 4.54. The van der Waals surface area contributed by atoms with Crippen LogP contribution in [0.25, 0.3) is 10.9 Å². The van der Waals surface area contributed by atoms with E-state index in [9.17, 15) is 0 Å². The SMILES string of the molecule is CN(CC1CC2CCC1C2)c1ccc(N)c2cccnc12. The summed E-state index contributed by atoms with van der Waals surface area (Å²) >= 11 is 0. The molecule has 2 saturated carbocycles. The van der Waals surface area contributed by atoms with Crippen LogP contribution < -0.4 is 10.6 Å². The number of pyridine rings is 1.